The van der Waals surface area contributed by atoms with Crippen LogP contribution in [0.25, 0.3) is 0 Å². The number of likely N-dealkylation sites (tertiary alicyclic amines) is 1. The Morgan fingerprint density at radius 2 is 2.04 bits per heavy atom. The zero-order chi connectivity index (χ0) is 16.7. The van der Waals surface area contributed by atoms with Crippen LogP contribution in [0.3, 0.4) is 0 Å². The highest BCUT2D eigenvalue weighted by atomic mass is 16.5. The molecule has 1 saturated heterocycles. The van der Waals surface area contributed by atoms with Gasteiger partial charge in [0.1, 0.15) is 0 Å². The molecule has 1 atom stereocenters. The molecule has 1 amide bonds. The molecule has 1 fully saturated rings. The molecule has 0 saturated carbocycles. The van der Waals surface area contributed by atoms with E-state index in [-0.39, 0.29) is 5.91 Å². The molecule has 0 aromatic heterocycles. The number of hydrogen-bond donors (Lipinski definition) is 1. The first kappa shape index (κ1) is 17.6. The Bertz CT molecular complexity index is 519. The number of amides is 1. The van der Waals surface area contributed by atoms with E-state index in [0.29, 0.717) is 19.1 Å². The van der Waals surface area contributed by atoms with E-state index < -0.39 is 0 Å². The highest BCUT2D eigenvalue weighted by Crippen LogP contribution is 2.27. The van der Waals surface area contributed by atoms with Crippen molar-refractivity contribution in [3.8, 4) is 11.5 Å². The average Bonchev–Trinajstić information content (AvgIpc) is 2.56. The minimum atomic E-state index is 0.110. The van der Waals surface area contributed by atoms with Crippen LogP contribution < -0.4 is 14.8 Å². The van der Waals surface area contributed by atoms with E-state index >= 15 is 0 Å². The number of piperidine rings is 1. The molecular weight excluding hydrogens is 292 g/mol. The summed E-state index contributed by atoms with van der Waals surface area (Å²) in [7, 11) is 3.25. The first-order chi connectivity index (χ1) is 11.1. The summed E-state index contributed by atoms with van der Waals surface area (Å²) in [5.74, 6) is 1.55. The molecule has 1 unspecified atom stereocenters. The second-order valence-corrected chi connectivity index (χ2v) is 6.10. The number of hydrogen-bond acceptors (Lipinski definition) is 4. The lowest BCUT2D eigenvalue weighted by molar-refractivity contribution is -0.123. The summed E-state index contributed by atoms with van der Waals surface area (Å²) in [4.78, 5) is 14.3. The molecule has 1 aliphatic rings. The number of nitrogens with zero attached hydrogens (tertiary/aromatic N) is 1. The average molecular weight is 320 g/mol. The zero-order valence-electron chi connectivity index (χ0n) is 14.4. The summed E-state index contributed by atoms with van der Waals surface area (Å²) in [6.45, 7) is 4.38. The maximum atomic E-state index is 12.1. The van der Waals surface area contributed by atoms with E-state index in [1.165, 1.54) is 19.3 Å². The monoisotopic (exact) mass is 320 g/mol. The molecule has 0 aliphatic carbocycles. The number of methoxy groups -OCH3 is 2. The van der Waals surface area contributed by atoms with Crippen LogP contribution in [0.4, 0.5) is 0 Å². The first-order valence-corrected chi connectivity index (χ1v) is 8.35. The van der Waals surface area contributed by atoms with Gasteiger partial charge in [-0.15, -0.1) is 0 Å². The van der Waals surface area contributed by atoms with E-state index in [1.54, 1.807) is 14.2 Å². The Morgan fingerprint density at radius 3 is 2.74 bits per heavy atom. The van der Waals surface area contributed by atoms with Crippen molar-refractivity contribution in [2.24, 2.45) is 0 Å². The fourth-order valence-electron chi connectivity index (χ4n) is 3.02. The van der Waals surface area contributed by atoms with Crippen LogP contribution in [-0.2, 0) is 11.2 Å². The van der Waals surface area contributed by atoms with Crippen LogP contribution in [0.5, 0.6) is 11.5 Å². The lowest BCUT2D eigenvalue weighted by Gasteiger charge is -2.32. The lowest BCUT2D eigenvalue weighted by Crippen LogP contribution is -2.44. The third-order valence-corrected chi connectivity index (χ3v) is 4.47. The van der Waals surface area contributed by atoms with Crippen LogP contribution in [0.15, 0.2) is 18.2 Å². The van der Waals surface area contributed by atoms with Gasteiger partial charge in [0.25, 0.3) is 0 Å². The molecule has 5 heteroatoms. The number of carbonyl (C=O) groups is 1. The Hall–Kier alpha value is -1.75. The molecule has 5 nitrogen and oxygen atoms in total. The summed E-state index contributed by atoms with van der Waals surface area (Å²) < 4.78 is 10.5. The Morgan fingerprint density at radius 1 is 1.26 bits per heavy atom. The normalized spacial score (nSPS) is 18.5. The predicted molar refractivity (Wildman–Crippen MR) is 91.1 cm³/mol. The standard InChI is InChI=1S/C18H28N2O3/c1-14-6-4-5-11-20(14)13-18(21)19-10-9-15-7-8-16(22-2)17(12-15)23-3/h7-8,12,14H,4-6,9-11,13H2,1-3H3,(H,19,21). The Balaban J connectivity index is 1.77. The highest BCUT2D eigenvalue weighted by Gasteiger charge is 2.20. The third-order valence-electron chi connectivity index (χ3n) is 4.47. The van der Waals surface area contributed by atoms with Crippen molar-refractivity contribution in [3.63, 3.8) is 0 Å². The van der Waals surface area contributed by atoms with Gasteiger partial charge in [0.15, 0.2) is 11.5 Å². The van der Waals surface area contributed by atoms with Crippen LogP contribution in [0, 0.1) is 0 Å². The van der Waals surface area contributed by atoms with Crippen molar-refractivity contribution in [1.29, 1.82) is 0 Å². The molecule has 0 radical (unpaired) electrons. The second-order valence-electron chi connectivity index (χ2n) is 6.10. The van der Waals surface area contributed by atoms with Gasteiger partial charge >= 0.3 is 0 Å². The van der Waals surface area contributed by atoms with Gasteiger partial charge < -0.3 is 14.8 Å². The second kappa shape index (κ2) is 8.77. The molecule has 1 aromatic carbocycles. The Kier molecular flexibility index (Phi) is 6.71. The molecule has 1 aromatic rings. The zero-order valence-corrected chi connectivity index (χ0v) is 14.4. The number of carbonyl (C=O) groups excluding carboxylic acids is 1. The maximum Gasteiger partial charge on any atom is 0.234 e. The smallest absolute Gasteiger partial charge is 0.234 e. The summed E-state index contributed by atoms with van der Waals surface area (Å²) in [5.41, 5.74) is 1.12. The largest absolute Gasteiger partial charge is 0.493 e. The van der Waals surface area contributed by atoms with Crippen molar-refractivity contribution in [2.75, 3.05) is 33.9 Å². The quantitative estimate of drug-likeness (QED) is 0.837. The SMILES string of the molecule is COc1ccc(CCNC(=O)CN2CCCCC2C)cc1OC. The van der Waals surface area contributed by atoms with Gasteiger partial charge in [0.2, 0.25) is 5.91 Å². The van der Waals surface area contributed by atoms with Gasteiger partial charge in [-0.2, -0.15) is 0 Å². The highest BCUT2D eigenvalue weighted by molar-refractivity contribution is 5.78. The van der Waals surface area contributed by atoms with Gasteiger partial charge in [-0.05, 0) is 50.4 Å². The number of nitrogens with one attached hydrogen (secondary N) is 1. The van der Waals surface area contributed by atoms with Crippen LogP contribution in [0.1, 0.15) is 31.7 Å². The fraction of sp³-hybridized carbons (Fsp3) is 0.611. The van der Waals surface area contributed by atoms with Crippen molar-refractivity contribution >= 4 is 5.91 Å². The van der Waals surface area contributed by atoms with E-state index in [1.807, 2.05) is 18.2 Å². The van der Waals surface area contributed by atoms with Crippen LogP contribution in [-0.4, -0.2) is 50.7 Å². The van der Waals surface area contributed by atoms with Gasteiger partial charge in [0.05, 0.1) is 20.8 Å². The number of ether oxygens (including phenoxy) is 2. The molecule has 1 N–H and O–H groups in total. The Labute approximate surface area is 139 Å². The van der Waals surface area contributed by atoms with Gasteiger partial charge in [0, 0.05) is 12.6 Å². The van der Waals surface area contributed by atoms with Gasteiger partial charge in [-0.3, -0.25) is 9.69 Å². The van der Waals surface area contributed by atoms with Crippen LogP contribution >= 0.6 is 0 Å². The minimum absolute atomic E-state index is 0.110. The molecule has 128 valence electrons. The lowest BCUT2D eigenvalue weighted by atomic mass is 10.0. The topological polar surface area (TPSA) is 50.8 Å². The van der Waals surface area contributed by atoms with Crippen molar-refractivity contribution < 1.29 is 14.3 Å². The fourth-order valence-corrected chi connectivity index (χ4v) is 3.02. The molecule has 0 bridgehead atoms. The number of benzene rings is 1. The summed E-state index contributed by atoms with van der Waals surface area (Å²) in [6.07, 6.45) is 4.45. The van der Waals surface area contributed by atoms with Crippen molar-refractivity contribution in [2.45, 2.75) is 38.6 Å². The van der Waals surface area contributed by atoms with Gasteiger partial charge in [-0.25, -0.2) is 0 Å². The van der Waals surface area contributed by atoms with Crippen molar-refractivity contribution in [3.05, 3.63) is 23.8 Å². The summed E-state index contributed by atoms with van der Waals surface area (Å²) >= 11 is 0. The molecule has 2 rings (SSSR count). The molecule has 1 aliphatic heterocycles. The molecule has 1 heterocycles. The molecular formula is C18H28N2O3. The predicted octanol–water partition coefficient (Wildman–Crippen LogP) is 2.24. The molecule has 0 spiro atoms. The number of rotatable bonds is 7. The van der Waals surface area contributed by atoms with Crippen molar-refractivity contribution in [1.82, 2.24) is 10.2 Å². The first-order valence-electron chi connectivity index (χ1n) is 8.35. The third kappa shape index (κ3) is 5.13. The van der Waals surface area contributed by atoms with E-state index in [2.05, 4.69) is 17.1 Å². The molecule has 23 heavy (non-hydrogen) atoms. The summed E-state index contributed by atoms with van der Waals surface area (Å²) in [5, 5.41) is 3.01. The van der Waals surface area contributed by atoms with E-state index in [4.69, 9.17) is 9.47 Å². The maximum absolute atomic E-state index is 12.1. The van der Waals surface area contributed by atoms with E-state index in [9.17, 15) is 4.79 Å². The van der Waals surface area contributed by atoms with Crippen LogP contribution in [0.2, 0.25) is 0 Å². The van der Waals surface area contributed by atoms with Gasteiger partial charge in [-0.1, -0.05) is 12.5 Å². The minimum Gasteiger partial charge on any atom is -0.493 e. The van der Waals surface area contributed by atoms with E-state index in [0.717, 1.165) is 30.0 Å². The summed E-state index contributed by atoms with van der Waals surface area (Å²) in [6, 6.07) is 6.36.